The van der Waals surface area contributed by atoms with Gasteiger partial charge in [-0.15, -0.1) is 0 Å². The number of piperidine rings is 1. The zero-order chi connectivity index (χ0) is 22.5. The number of fused-ring (bicyclic) bond motifs is 1. The van der Waals surface area contributed by atoms with E-state index in [1.165, 1.54) is 12.1 Å². The molecular formula is C24H28F2N4O2. The van der Waals surface area contributed by atoms with Crippen molar-refractivity contribution in [2.75, 3.05) is 25.0 Å². The van der Waals surface area contributed by atoms with Crippen LogP contribution in [-0.2, 0) is 11.2 Å². The Bertz CT molecular complexity index is 951. The van der Waals surface area contributed by atoms with Crippen LogP contribution < -0.4 is 10.6 Å². The van der Waals surface area contributed by atoms with E-state index in [4.69, 9.17) is 0 Å². The third kappa shape index (κ3) is 5.06. The molecule has 1 saturated heterocycles. The highest BCUT2D eigenvalue weighted by Gasteiger charge is 2.27. The van der Waals surface area contributed by atoms with E-state index in [2.05, 4.69) is 15.6 Å². The summed E-state index contributed by atoms with van der Waals surface area (Å²) < 4.78 is 27.3. The van der Waals surface area contributed by atoms with E-state index in [0.717, 1.165) is 49.4 Å². The van der Waals surface area contributed by atoms with Gasteiger partial charge in [0.2, 0.25) is 5.91 Å². The number of benzene rings is 1. The molecule has 0 saturated carbocycles. The number of halogens is 2. The molecule has 0 aliphatic carbocycles. The summed E-state index contributed by atoms with van der Waals surface area (Å²) in [6.45, 7) is 1.75. The molecule has 2 aliphatic rings. The number of nitrogens with zero attached hydrogens (tertiary/aromatic N) is 2. The molecule has 8 heteroatoms. The van der Waals surface area contributed by atoms with Gasteiger partial charge in [0, 0.05) is 44.1 Å². The largest absolute Gasteiger partial charge is 0.373 e. The molecule has 170 valence electrons. The number of hydrogen-bond donors (Lipinski definition) is 2. The van der Waals surface area contributed by atoms with Crippen LogP contribution in [0.15, 0.2) is 36.7 Å². The van der Waals surface area contributed by atoms with E-state index in [-0.39, 0.29) is 17.5 Å². The lowest BCUT2D eigenvalue weighted by molar-refractivity contribution is -0.121. The fourth-order valence-electron chi connectivity index (χ4n) is 4.50. The maximum absolute atomic E-state index is 13.9. The lowest BCUT2D eigenvalue weighted by atomic mass is 9.91. The number of nitrogens with one attached hydrogen (secondary N) is 2. The lowest BCUT2D eigenvalue weighted by Gasteiger charge is -2.32. The van der Waals surface area contributed by atoms with Crippen molar-refractivity contribution in [3.05, 3.63) is 59.4 Å². The van der Waals surface area contributed by atoms with Gasteiger partial charge in [-0.1, -0.05) is 18.9 Å². The van der Waals surface area contributed by atoms with Gasteiger partial charge in [0.15, 0.2) is 11.6 Å². The normalized spacial score (nSPS) is 18.2. The predicted octanol–water partition coefficient (Wildman–Crippen LogP) is 3.54. The fraction of sp³-hybridized carbons (Fsp3) is 0.458. The standard InChI is InChI=1S/C24H28F2N4O2/c25-19-6-3-5-18(22(19)26)24(32)30-12-8-16(9-13-30)4-1-2-10-28-23(31)21-14-17-15-27-11-7-20(17)29-21/h3,5-7,11,15-16,21,29H,1-2,4,8-10,12-14H2,(H,28,31). The summed E-state index contributed by atoms with van der Waals surface area (Å²) in [6, 6.07) is 5.35. The number of likely N-dealkylation sites (tertiary alicyclic amines) is 1. The van der Waals surface area contributed by atoms with Gasteiger partial charge in [-0.25, -0.2) is 8.78 Å². The van der Waals surface area contributed by atoms with Crippen LogP contribution in [0.25, 0.3) is 0 Å². The number of hydrogen-bond acceptors (Lipinski definition) is 4. The second-order valence-electron chi connectivity index (χ2n) is 8.56. The van der Waals surface area contributed by atoms with Crippen LogP contribution in [0.2, 0.25) is 0 Å². The Kier molecular flexibility index (Phi) is 6.97. The molecular weight excluding hydrogens is 414 g/mol. The lowest BCUT2D eigenvalue weighted by Crippen LogP contribution is -2.39. The van der Waals surface area contributed by atoms with Crippen molar-refractivity contribution >= 4 is 17.5 Å². The van der Waals surface area contributed by atoms with Crippen molar-refractivity contribution in [1.29, 1.82) is 0 Å². The van der Waals surface area contributed by atoms with Crippen LogP contribution in [0.1, 0.15) is 48.0 Å². The molecule has 0 spiro atoms. The van der Waals surface area contributed by atoms with Crippen molar-refractivity contribution in [2.45, 2.75) is 44.6 Å². The zero-order valence-corrected chi connectivity index (χ0v) is 17.9. The second-order valence-corrected chi connectivity index (χ2v) is 8.56. The van der Waals surface area contributed by atoms with Gasteiger partial charge in [-0.05, 0) is 48.9 Å². The Balaban J connectivity index is 1.12. The van der Waals surface area contributed by atoms with Crippen LogP contribution in [0.5, 0.6) is 0 Å². The van der Waals surface area contributed by atoms with Crippen LogP contribution in [-0.4, -0.2) is 47.4 Å². The number of rotatable bonds is 7. The molecule has 4 rings (SSSR count). The fourth-order valence-corrected chi connectivity index (χ4v) is 4.50. The molecule has 1 unspecified atom stereocenters. The topological polar surface area (TPSA) is 74.3 Å². The first kappa shape index (κ1) is 22.2. The first-order valence-electron chi connectivity index (χ1n) is 11.2. The number of pyridine rings is 1. The maximum atomic E-state index is 13.9. The third-order valence-electron chi connectivity index (χ3n) is 6.40. The van der Waals surface area contributed by atoms with Gasteiger partial charge in [-0.3, -0.25) is 14.6 Å². The molecule has 3 heterocycles. The van der Waals surface area contributed by atoms with E-state index < -0.39 is 17.5 Å². The first-order valence-corrected chi connectivity index (χ1v) is 11.2. The predicted molar refractivity (Wildman–Crippen MR) is 117 cm³/mol. The van der Waals surface area contributed by atoms with Crippen LogP contribution in [0.4, 0.5) is 14.5 Å². The summed E-state index contributed by atoms with van der Waals surface area (Å²) in [7, 11) is 0. The van der Waals surface area contributed by atoms with Crippen molar-refractivity contribution in [3.8, 4) is 0 Å². The number of carbonyl (C=O) groups is 2. The summed E-state index contributed by atoms with van der Waals surface area (Å²) in [5, 5.41) is 6.24. The average molecular weight is 443 g/mol. The van der Waals surface area contributed by atoms with E-state index in [9.17, 15) is 18.4 Å². The summed E-state index contributed by atoms with van der Waals surface area (Å²) in [4.78, 5) is 30.6. The van der Waals surface area contributed by atoms with Gasteiger partial charge in [-0.2, -0.15) is 0 Å². The van der Waals surface area contributed by atoms with Gasteiger partial charge in [0.1, 0.15) is 6.04 Å². The molecule has 0 radical (unpaired) electrons. The highest BCUT2D eigenvalue weighted by Crippen LogP contribution is 2.25. The molecule has 1 fully saturated rings. The van der Waals surface area contributed by atoms with E-state index in [1.807, 2.05) is 6.07 Å². The number of carbonyl (C=O) groups excluding carboxylic acids is 2. The molecule has 1 aromatic heterocycles. The molecule has 2 aromatic rings. The molecule has 32 heavy (non-hydrogen) atoms. The molecule has 1 aromatic carbocycles. The Morgan fingerprint density at radius 2 is 1.97 bits per heavy atom. The number of unbranched alkanes of at least 4 members (excludes halogenated alkanes) is 1. The van der Waals surface area contributed by atoms with Gasteiger partial charge < -0.3 is 15.5 Å². The van der Waals surface area contributed by atoms with Crippen molar-refractivity contribution in [3.63, 3.8) is 0 Å². The molecule has 2 N–H and O–H groups in total. The SMILES string of the molecule is O=C(NCCCCC1CCN(C(=O)c2cccc(F)c2F)CC1)C1Cc2cnccc2N1. The van der Waals surface area contributed by atoms with Crippen LogP contribution in [0.3, 0.4) is 0 Å². The van der Waals surface area contributed by atoms with Crippen LogP contribution in [0, 0.1) is 17.6 Å². The summed E-state index contributed by atoms with van der Waals surface area (Å²) in [6.07, 6.45) is 8.81. The molecule has 6 nitrogen and oxygen atoms in total. The number of amides is 2. The van der Waals surface area contributed by atoms with Crippen molar-refractivity contribution in [1.82, 2.24) is 15.2 Å². The van der Waals surface area contributed by atoms with Crippen LogP contribution >= 0.6 is 0 Å². The minimum atomic E-state index is -1.07. The summed E-state index contributed by atoms with van der Waals surface area (Å²) in [5.41, 5.74) is 1.85. The van der Waals surface area contributed by atoms with E-state index >= 15 is 0 Å². The quantitative estimate of drug-likeness (QED) is 0.644. The zero-order valence-electron chi connectivity index (χ0n) is 17.9. The Hall–Kier alpha value is -3.03. The third-order valence-corrected chi connectivity index (χ3v) is 6.40. The smallest absolute Gasteiger partial charge is 0.256 e. The molecule has 2 amide bonds. The van der Waals surface area contributed by atoms with Crippen molar-refractivity contribution < 1.29 is 18.4 Å². The average Bonchev–Trinajstić information content (AvgIpc) is 3.25. The highest BCUT2D eigenvalue weighted by atomic mass is 19.2. The maximum Gasteiger partial charge on any atom is 0.256 e. The Morgan fingerprint density at radius 3 is 2.75 bits per heavy atom. The number of anilines is 1. The van der Waals surface area contributed by atoms with Gasteiger partial charge in [0.05, 0.1) is 5.56 Å². The van der Waals surface area contributed by atoms with E-state index in [1.54, 1.807) is 17.3 Å². The van der Waals surface area contributed by atoms with Crippen molar-refractivity contribution in [2.24, 2.45) is 5.92 Å². The Morgan fingerprint density at radius 1 is 1.16 bits per heavy atom. The van der Waals surface area contributed by atoms with Gasteiger partial charge in [0.25, 0.3) is 5.91 Å². The minimum absolute atomic E-state index is 0.0117. The van der Waals surface area contributed by atoms with Gasteiger partial charge >= 0.3 is 0 Å². The van der Waals surface area contributed by atoms with E-state index in [0.29, 0.717) is 32.0 Å². The highest BCUT2D eigenvalue weighted by molar-refractivity contribution is 5.94. The molecule has 1 atom stereocenters. The minimum Gasteiger partial charge on any atom is -0.373 e. The number of aromatic nitrogens is 1. The second kappa shape index (κ2) is 10.1. The Labute approximate surface area is 186 Å². The molecule has 2 aliphatic heterocycles. The monoisotopic (exact) mass is 442 g/mol. The molecule has 0 bridgehead atoms. The summed E-state index contributed by atoms with van der Waals surface area (Å²) in [5.74, 6) is -2.00. The summed E-state index contributed by atoms with van der Waals surface area (Å²) >= 11 is 0. The first-order chi connectivity index (χ1) is 15.5.